The third-order valence-electron chi connectivity index (χ3n) is 4.70. The summed E-state index contributed by atoms with van der Waals surface area (Å²) in [5.41, 5.74) is 3.85. The quantitative estimate of drug-likeness (QED) is 0.442. The van der Waals surface area contributed by atoms with E-state index in [1.807, 2.05) is 36.4 Å². The molecule has 0 saturated heterocycles. The van der Waals surface area contributed by atoms with Crippen LogP contribution < -0.4 is 14.8 Å². The molecule has 7 heteroatoms. The zero-order valence-corrected chi connectivity index (χ0v) is 17.8. The van der Waals surface area contributed by atoms with Gasteiger partial charge in [0, 0.05) is 10.6 Å². The fourth-order valence-electron chi connectivity index (χ4n) is 3.07. The van der Waals surface area contributed by atoms with Crippen molar-refractivity contribution >= 4 is 34.2 Å². The molecule has 0 bridgehead atoms. The number of ether oxygens (including phenoxy) is 2. The van der Waals surface area contributed by atoms with Crippen molar-refractivity contribution in [3.8, 4) is 22.8 Å². The summed E-state index contributed by atoms with van der Waals surface area (Å²) in [5.74, 6) is 0.772. The van der Waals surface area contributed by atoms with E-state index in [1.165, 1.54) is 7.11 Å². The molecule has 4 rings (SSSR count). The van der Waals surface area contributed by atoms with Gasteiger partial charge < -0.3 is 14.8 Å². The van der Waals surface area contributed by atoms with Crippen LogP contribution in [-0.4, -0.2) is 29.1 Å². The molecule has 1 aromatic heterocycles. The fourth-order valence-corrected chi connectivity index (χ4v) is 3.24. The number of amides is 1. The van der Waals surface area contributed by atoms with Gasteiger partial charge in [-0.3, -0.25) is 9.78 Å². The lowest BCUT2D eigenvalue weighted by atomic mass is 10.1. The minimum Gasteiger partial charge on any atom is -0.495 e. The average Bonchev–Trinajstić information content (AvgIpc) is 2.79. The number of fused-ring (bicyclic) bond motifs is 1. The van der Waals surface area contributed by atoms with Gasteiger partial charge in [0.05, 0.1) is 35.7 Å². The standard InChI is InChI=1S/C24H20ClN3O3/c1-15(24(29)28-21-13-17(25)9-12-23(21)30-2)31-18-10-7-16(8-11-18)22-14-26-19-5-3-4-6-20(19)27-22/h3-15H,1-2H3,(H,28,29)/t15-/m0/s1. The van der Waals surface area contributed by atoms with Crippen molar-refractivity contribution in [1.82, 2.24) is 9.97 Å². The van der Waals surface area contributed by atoms with Gasteiger partial charge in [-0.1, -0.05) is 23.7 Å². The summed E-state index contributed by atoms with van der Waals surface area (Å²) in [6, 6.07) is 20.1. The molecule has 1 amide bonds. The van der Waals surface area contributed by atoms with Gasteiger partial charge in [-0.2, -0.15) is 0 Å². The van der Waals surface area contributed by atoms with E-state index in [0.717, 1.165) is 22.3 Å². The number of carbonyl (C=O) groups excluding carboxylic acids is 1. The number of halogens is 1. The minimum absolute atomic E-state index is 0.315. The molecule has 1 heterocycles. The Balaban J connectivity index is 1.44. The smallest absolute Gasteiger partial charge is 0.265 e. The van der Waals surface area contributed by atoms with Crippen LogP contribution in [0.15, 0.2) is 72.9 Å². The van der Waals surface area contributed by atoms with Gasteiger partial charge in [0.2, 0.25) is 0 Å². The van der Waals surface area contributed by atoms with E-state index in [4.69, 9.17) is 21.1 Å². The Bertz CT molecular complexity index is 1230. The van der Waals surface area contributed by atoms with E-state index < -0.39 is 6.10 Å². The molecule has 0 aliphatic rings. The van der Waals surface area contributed by atoms with Crippen LogP contribution >= 0.6 is 11.6 Å². The number of rotatable bonds is 6. The topological polar surface area (TPSA) is 73.3 Å². The van der Waals surface area contributed by atoms with Gasteiger partial charge in [0.25, 0.3) is 5.91 Å². The Morgan fingerprint density at radius 2 is 1.77 bits per heavy atom. The summed E-state index contributed by atoms with van der Waals surface area (Å²) >= 11 is 6.02. The Morgan fingerprint density at radius 1 is 1.03 bits per heavy atom. The third kappa shape index (κ3) is 4.75. The van der Waals surface area contributed by atoms with Crippen LogP contribution in [0.25, 0.3) is 22.3 Å². The Kier molecular flexibility index (Phi) is 6.00. The van der Waals surface area contributed by atoms with Crippen LogP contribution in [0.1, 0.15) is 6.92 Å². The molecule has 156 valence electrons. The highest BCUT2D eigenvalue weighted by Gasteiger charge is 2.17. The van der Waals surface area contributed by atoms with Crippen molar-refractivity contribution in [1.29, 1.82) is 0 Å². The van der Waals surface area contributed by atoms with Gasteiger partial charge in [-0.15, -0.1) is 0 Å². The molecule has 4 aromatic rings. The third-order valence-corrected chi connectivity index (χ3v) is 4.94. The van der Waals surface area contributed by atoms with Crippen molar-refractivity contribution in [3.05, 3.63) is 77.9 Å². The van der Waals surface area contributed by atoms with Crippen molar-refractivity contribution < 1.29 is 14.3 Å². The molecule has 0 spiro atoms. The Labute approximate surface area is 184 Å². The van der Waals surface area contributed by atoms with Crippen molar-refractivity contribution in [2.75, 3.05) is 12.4 Å². The first kappa shape index (κ1) is 20.6. The first-order chi connectivity index (χ1) is 15.0. The van der Waals surface area contributed by atoms with E-state index in [9.17, 15) is 4.79 Å². The molecule has 6 nitrogen and oxygen atoms in total. The number of methoxy groups -OCH3 is 1. The lowest BCUT2D eigenvalue weighted by Crippen LogP contribution is -2.30. The summed E-state index contributed by atoms with van der Waals surface area (Å²) in [7, 11) is 1.53. The zero-order valence-electron chi connectivity index (χ0n) is 17.0. The molecule has 0 unspecified atom stereocenters. The number of anilines is 1. The second-order valence-electron chi connectivity index (χ2n) is 6.86. The molecule has 1 N–H and O–H groups in total. The van der Waals surface area contributed by atoms with Crippen LogP contribution in [0.3, 0.4) is 0 Å². The zero-order chi connectivity index (χ0) is 21.8. The molecular formula is C24H20ClN3O3. The largest absolute Gasteiger partial charge is 0.495 e. The van der Waals surface area contributed by atoms with E-state index in [0.29, 0.717) is 22.2 Å². The van der Waals surface area contributed by atoms with Crippen molar-refractivity contribution in [2.45, 2.75) is 13.0 Å². The maximum absolute atomic E-state index is 12.6. The molecule has 0 aliphatic carbocycles. The molecule has 0 saturated carbocycles. The van der Waals surface area contributed by atoms with E-state index in [2.05, 4.69) is 15.3 Å². The lowest BCUT2D eigenvalue weighted by Gasteiger charge is -2.16. The number of hydrogen-bond acceptors (Lipinski definition) is 5. The van der Waals surface area contributed by atoms with E-state index in [1.54, 1.807) is 43.5 Å². The second kappa shape index (κ2) is 9.02. The number of nitrogens with one attached hydrogen (secondary N) is 1. The molecule has 0 fully saturated rings. The van der Waals surface area contributed by atoms with E-state index >= 15 is 0 Å². The monoisotopic (exact) mass is 433 g/mol. The van der Waals surface area contributed by atoms with Crippen molar-refractivity contribution in [3.63, 3.8) is 0 Å². The number of benzene rings is 3. The van der Waals surface area contributed by atoms with Crippen LogP contribution in [0.5, 0.6) is 11.5 Å². The average molecular weight is 434 g/mol. The summed E-state index contributed by atoms with van der Waals surface area (Å²) in [6.07, 6.45) is 1.02. The number of para-hydroxylation sites is 2. The van der Waals surface area contributed by atoms with Gasteiger partial charge in [-0.25, -0.2) is 4.98 Å². The lowest BCUT2D eigenvalue weighted by molar-refractivity contribution is -0.122. The molecule has 1 atom stereocenters. The Morgan fingerprint density at radius 3 is 2.52 bits per heavy atom. The molecule has 0 aliphatic heterocycles. The number of carbonyl (C=O) groups is 1. The summed E-state index contributed by atoms with van der Waals surface area (Å²) in [5, 5.41) is 3.28. The first-order valence-corrected chi connectivity index (χ1v) is 10.0. The fraction of sp³-hybridized carbons (Fsp3) is 0.125. The maximum Gasteiger partial charge on any atom is 0.265 e. The number of hydrogen-bond donors (Lipinski definition) is 1. The highest BCUT2D eigenvalue weighted by molar-refractivity contribution is 6.31. The summed E-state index contributed by atoms with van der Waals surface area (Å²) < 4.78 is 11.0. The second-order valence-corrected chi connectivity index (χ2v) is 7.30. The normalized spacial score (nSPS) is 11.7. The highest BCUT2D eigenvalue weighted by Crippen LogP contribution is 2.28. The maximum atomic E-state index is 12.6. The number of aromatic nitrogens is 2. The van der Waals surface area contributed by atoms with Crippen LogP contribution in [-0.2, 0) is 4.79 Å². The highest BCUT2D eigenvalue weighted by atomic mass is 35.5. The minimum atomic E-state index is -0.727. The molecule has 0 radical (unpaired) electrons. The van der Waals surface area contributed by atoms with Gasteiger partial charge in [0.1, 0.15) is 11.5 Å². The van der Waals surface area contributed by atoms with Gasteiger partial charge in [0.15, 0.2) is 6.10 Å². The molecule has 3 aromatic carbocycles. The SMILES string of the molecule is COc1ccc(Cl)cc1NC(=O)[C@H](C)Oc1ccc(-c2cnc3ccccc3n2)cc1. The van der Waals surface area contributed by atoms with Crippen LogP contribution in [0.4, 0.5) is 5.69 Å². The predicted octanol–water partition coefficient (Wildman–Crippen LogP) is 5.36. The summed E-state index contributed by atoms with van der Waals surface area (Å²) in [6.45, 7) is 1.68. The van der Waals surface area contributed by atoms with Gasteiger partial charge in [-0.05, 0) is 61.5 Å². The van der Waals surface area contributed by atoms with Crippen molar-refractivity contribution in [2.24, 2.45) is 0 Å². The Hall–Kier alpha value is -3.64. The van der Waals surface area contributed by atoms with E-state index in [-0.39, 0.29) is 5.91 Å². The van der Waals surface area contributed by atoms with Crippen LogP contribution in [0, 0.1) is 0 Å². The molecular weight excluding hydrogens is 414 g/mol. The predicted molar refractivity (Wildman–Crippen MR) is 122 cm³/mol. The van der Waals surface area contributed by atoms with Crippen LogP contribution in [0.2, 0.25) is 5.02 Å². The van der Waals surface area contributed by atoms with Gasteiger partial charge >= 0.3 is 0 Å². The summed E-state index contributed by atoms with van der Waals surface area (Å²) in [4.78, 5) is 21.6. The first-order valence-electron chi connectivity index (χ1n) is 9.67. The molecule has 31 heavy (non-hydrogen) atoms. The number of nitrogens with zero attached hydrogens (tertiary/aromatic N) is 2.